The Hall–Kier alpha value is -1.05. The highest BCUT2D eigenvalue weighted by atomic mass is 16.1. The van der Waals surface area contributed by atoms with E-state index in [1.54, 1.807) is 0 Å². The third-order valence-electron chi connectivity index (χ3n) is 0.939. The molecule has 0 atom stereocenters. The van der Waals surface area contributed by atoms with Gasteiger partial charge in [0.2, 0.25) is 5.91 Å². The van der Waals surface area contributed by atoms with E-state index in [4.69, 9.17) is 0 Å². The van der Waals surface area contributed by atoms with E-state index in [0.29, 0.717) is 0 Å². The maximum Gasteiger partial charge on any atom is 0.247 e. The van der Waals surface area contributed by atoms with Crippen LogP contribution in [0.15, 0.2) is 24.4 Å². The van der Waals surface area contributed by atoms with Crippen molar-refractivity contribution in [2.75, 3.05) is 0 Å². The highest BCUT2D eigenvalue weighted by molar-refractivity contribution is 5.88. The number of carbonyl (C=O) groups excluding carboxylic acids is 1. The summed E-state index contributed by atoms with van der Waals surface area (Å²) >= 11 is 0. The van der Waals surface area contributed by atoms with E-state index in [1.807, 2.05) is 19.9 Å². The number of rotatable bonds is 2. The average Bonchev–Trinajstić information content (AvgIpc) is 1.87. The van der Waals surface area contributed by atoms with E-state index in [-0.39, 0.29) is 5.91 Å². The molecule has 0 fully saturated rings. The lowest BCUT2D eigenvalue weighted by Gasteiger charge is -1.97. The number of carbonyl (C=O) groups is 1. The molecule has 0 rings (SSSR count). The minimum Gasteiger partial charge on any atom is -0.327 e. The largest absolute Gasteiger partial charge is 0.327 e. The standard InChI is InChI=1S/C7H11NO/c1-4-6(3)8-7(9)5-2/h4-5H,2H2,1,3H3,(H,8,9). The predicted molar refractivity (Wildman–Crippen MR) is 37.8 cm³/mol. The highest BCUT2D eigenvalue weighted by Gasteiger charge is 1.90. The summed E-state index contributed by atoms with van der Waals surface area (Å²) in [6.07, 6.45) is 3.06. The summed E-state index contributed by atoms with van der Waals surface area (Å²) in [5, 5.41) is 2.58. The monoisotopic (exact) mass is 125 g/mol. The van der Waals surface area contributed by atoms with Gasteiger partial charge in [0.15, 0.2) is 0 Å². The Kier molecular flexibility index (Phi) is 3.44. The summed E-state index contributed by atoms with van der Waals surface area (Å²) in [7, 11) is 0. The van der Waals surface area contributed by atoms with Crippen LogP contribution in [0.1, 0.15) is 13.8 Å². The molecule has 0 spiro atoms. The normalized spacial score (nSPS) is 10.7. The van der Waals surface area contributed by atoms with Gasteiger partial charge in [-0.1, -0.05) is 12.7 Å². The van der Waals surface area contributed by atoms with Gasteiger partial charge in [0.05, 0.1) is 0 Å². The molecule has 0 aliphatic heterocycles. The lowest BCUT2D eigenvalue weighted by atomic mass is 10.4. The van der Waals surface area contributed by atoms with E-state index in [1.165, 1.54) is 6.08 Å². The fraction of sp³-hybridized carbons (Fsp3) is 0.286. The van der Waals surface area contributed by atoms with E-state index in [0.717, 1.165) is 5.70 Å². The first-order valence-corrected chi connectivity index (χ1v) is 2.77. The van der Waals surface area contributed by atoms with Crippen LogP contribution in [0.2, 0.25) is 0 Å². The number of amides is 1. The second kappa shape index (κ2) is 3.89. The molecule has 0 saturated carbocycles. The highest BCUT2D eigenvalue weighted by Crippen LogP contribution is 1.83. The van der Waals surface area contributed by atoms with Crippen molar-refractivity contribution in [3.05, 3.63) is 24.4 Å². The van der Waals surface area contributed by atoms with Crippen LogP contribution in [-0.2, 0) is 4.79 Å². The van der Waals surface area contributed by atoms with Gasteiger partial charge < -0.3 is 5.32 Å². The summed E-state index contributed by atoms with van der Waals surface area (Å²) in [5.74, 6) is -0.161. The maximum absolute atomic E-state index is 10.5. The molecule has 0 aromatic carbocycles. The molecule has 2 heteroatoms. The van der Waals surface area contributed by atoms with Gasteiger partial charge in [-0.25, -0.2) is 0 Å². The van der Waals surface area contributed by atoms with Crippen molar-refractivity contribution in [3.63, 3.8) is 0 Å². The first kappa shape index (κ1) is 7.95. The van der Waals surface area contributed by atoms with Crippen molar-refractivity contribution in [2.24, 2.45) is 0 Å². The third kappa shape index (κ3) is 3.53. The second-order valence-corrected chi connectivity index (χ2v) is 1.67. The molecule has 0 aromatic rings. The van der Waals surface area contributed by atoms with E-state index < -0.39 is 0 Å². The molecule has 0 radical (unpaired) electrons. The SMILES string of the molecule is C=CC(=O)NC(C)=CC. The Morgan fingerprint density at radius 2 is 2.22 bits per heavy atom. The van der Waals surface area contributed by atoms with Crippen LogP contribution in [0.5, 0.6) is 0 Å². The van der Waals surface area contributed by atoms with Crippen LogP contribution < -0.4 is 5.32 Å². The molecule has 0 aromatic heterocycles. The van der Waals surface area contributed by atoms with Crippen LogP contribution in [-0.4, -0.2) is 5.91 Å². The van der Waals surface area contributed by atoms with Crippen molar-refractivity contribution < 1.29 is 4.79 Å². The van der Waals surface area contributed by atoms with E-state index >= 15 is 0 Å². The Morgan fingerprint density at radius 1 is 1.67 bits per heavy atom. The first-order valence-electron chi connectivity index (χ1n) is 2.77. The van der Waals surface area contributed by atoms with Gasteiger partial charge in [-0.2, -0.15) is 0 Å². The topological polar surface area (TPSA) is 29.1 Å². The Balaban J connectivity index is 3.74. The number of nitrogens with one attached hydrogen (secondary N) is 1. The summed E-state index contributed by atoms with van der Waals surface area (Å²) < 4.78 is 0. The minimum atomic E-state index is -0.161. The zero-order chi connectivity index (χ0) is 7.28. The zero-order valence-corrected chi connectivity index (χ0v) is 5.77. The van der Waals surface area contributed by atoms with Crippen LogP contribution in [0, 0.1) is 0 Å². The molecule has 50 valence electrons. The smallest absolute Gasteiger partial charge is 0.247 e. The summed E-state index contributed by atoms with van der Waals surface area (Å²) in [4.78, 5) is 10.5. The molecule has 0 aliphatic carbocycles. The van der Waals surface area contributed by atoms with Crippen LogP contribution in [0.25, 0.3) is 0 Å². The minimum absolute atomic E-state index is 0.161. The van der Waals surface area contributed by atoms with Gasteiger partial charge in [-0.05, 0) is 19.9 Å². The Labute approximate surface area is 55.3 Å². The summed E-state index contributed by atoms with van der Waals surface area (Å²) in [6.45, 7) is 6.99. The second-order valence-electron chi connectivity index (χ2n) is 1.67. The lowest BCUT2D eigenvalue weighted by molar-refractivity contribution is -0.115. The molecule has 2 nitrogen and oxygen atoms in total. The maximum atomic E-state index is 10.5. The summed E-state index contributed by atoms with van der Waals surface area (Å²) in [6, 6.07) is 0. The van der Waals surface area contributed by atoms with Crippen molar-refractivity contribution in [2.45, 2.75) is 13.8 Å². The number of allylic oxidation sites excluding steroid dienone is 2. The Bertz CT molecular complexity index is 147. The van der Waals surface area contributed by atoms with Gasteiger partial charge in [0.1, 0.15) is 0 Å². The number of hydrogen-bond donors (Lipinski definition) is 1. The number of hydrogen-bond acceptors (Lipinski definition) is 1. The van der Waals surface area contributed by atoms with Gasteiger partial charge in [0, 0.05) is 5.70 Å². The molecule has 0 bridgehead atoms. The molecule has 0 aliphatic rings. The van der Waals surface area contributed by atoms with Crippen molar-refractivity contribution in [1.29, 1.82) is 0 Å². The molecule has 0 unspecified atom stereocenters. The van der Waals surface area contributed by atoms with E-state index in [2.05, 4.69) is 11.9 Å². The fourth-order valence-corrected chi connectivity index (χ4v) is 0.318. The van der Waals surface area contributed by atoms with Crippen molar-refractivity contribution in [3.8, 4) is 0 Å². The van der Waals surface area contributed by atoms with Gasteiger partial charge in [-0.3, -0.25) is 4.79 Å². The molecule has 0 heterocycles. The Morgan fingerprint density at radius 3 is 2.56 bits per heavy atom. The third-order valence-corrected chi connectivity index (χ3v) is 0.939. The predicted octanol–water partition coefficient (Wildman–Crippen LogP) is 1.21. The average molecular weight is 125 g/mol. The van der Waals surface area contributed by atoms with Gasteiger partial charge in [0.25, 0.3) is 0 Å². The molecule has 1 amide bonds. The van der Waals surface area contributed by atoms with Crippen molar-refractivity contribution >= 4 is 5.91 Å². The first-order chi connectivity index (χ1) is 4.20. The summed E-state index contributed by atoms with van der Waals surface area (Å²) in [5.41, 5.74) is 0.847. The van der Waals surface area contributed by atoms with Crippen molar-refractivity contribution in [1.82, 2.24) is 5.32 Å². The molecular weight excluding hydrogens is 114 g/mol. The van der Waals surface area contributed by atoms with Gasteiger partial charge >= 0.3 is 0 Å². The van der Waals surface area contributed by atoms with Crippen LogP contribution >= 0.6 is 0 Å². The fourth-order valence-electron chi connectivity index (χ4n) is 0.318. The molecule has 9 heavy (non-hydrogen) atoms. The molecular formula is C7H11NO. The van der Waals surface area contributed by atoms with Gasteiger partial charge in [-0.15, -0.1) is 0 Å². The zero-order valence-electron chi connectivity index (χ0n) is 5.77. The lowest BCUT2D eigenvalue weighted by Crippen LogP contribution is -2.17. The molecule has 1 N–H and O–H groups in total. The molecule has 0 saturated heterocycles. The van der Waals surface area contributed by atoms with E-state index in [9.17, 15) is 4.79 Å². The quantitative estimate of drug-likeness (QED) is 0.552. The van der Waals surface area contributed by atoms with Crippen LogP contribution in [0.4, 0.5) is 0 Å². The van der Waals surface area contributed by atoms with Crippen LogP contribution in [0.3, 0.4) is 0 Å².